The number of aromatic nitrogens is 2. The van der Waals surface area contributed by atoms with Crippen LogP contribution in [-0.4, -0.2) is 83.1 Å². The molecule has 0 N–H and O–H groups in total. The first kappa shape index (κ1) is 28.7. The van der Waals surface area contributed by atoms with Gasteiger partial charge in [-0.1, -0.05) is 36.4 Å². The van der Waals surface area contributed by atoms with Gasteiger partial charge in [-0.15, -0.1) is 0 Å². The molecule has 2 aromatic carbocycles. The van der Waals surface area contributed by atoms with Crippen LogP contribution in [0.4, 0.5) is 10.2 Å². The summed E-state index contributed by atoms with van der Waals surface area (Å²) in [6.07, 6.45) is 6.96. The number of carbonyl (C=O) groups excluding carboxylic acids is 1. The van der Waals surface area contributed by atoms with Crippen molar-refractivity contribution < 1.29 is 13.9 Å². The molecular weight excluding hydrogens is 591 g/mol. The topological polar surface area (TPSA) is 66.2 Å². The summed E-state index contributed by atoms with van der Waals surface area (Å²) in [4.78, 5) is 32.1. The van der Waals surface area contributed by atoms with Gasteiger partial charge in [-0.05, 0) is 92.3 Å². The van der Waals surface area contributed by atoms with Gasteiger partial charge >= 0.3 is 6.01 Å². The van der Waals surface area contributed by atoms with Crippen molar-refractivity contribution >= 4 is 34.2 Å². The number of rotatable bonds is 7. The number of carbonyl (C=O) groups is 1. The number of fused-ring (bicyclic) bond motifs is 5. The van der Waals surface area contributed by atoms with E-state index in [2.05, 4.69) is 45.5 Å². The molecule has 3 aromatic rings. The van der Waals surface area contributed by atoms with Crippen molar-refractivity contribution in [2.75, 3.05) is 50.8 Å². The number of nitrogens with zero attached hydrogens (tertiary/aromatic N) is 6. The Bertz CT molecular complexity index is 1760. The number of anilines is 1. The van der Waals surface area contributed by atoms with Crippen molar-refractivity contribution in [3.8, 4) is 17.1 Å². The van der Waals surface area contributed by atoms with E-state index in [9.17, 15) is 9.18 Å². The average molecular weight is 627 g/mol. The molecule has 5 aliphatic rings. The van der Waals surface area contributed by atoms with Gasteiger partial charge in [0, 0.05) is 35.6 Å². The lowest BCUT2D eigenvalue weighted by Crippen LogP contribution is -2.56. The molecule has 0 spiro atoms. The molecule has 1 aromatic heterocycles. The van der Waals surface area contributed by atoms with Crippen molar-refractivity contribution in [1.29, 1.82) is 0 Å². The summed E-state index contributed by atoms with van der Waals surface area (Å²) in [5, 5.41) is 1.41. The molecule has 45 heavy (non-hydrogen) atoms. The first-order valence-corrected chi connectivity index (χ1v) is 16.5. The standard InChI is InChI=1S/C35H36ClFN6O2/c1-21(37)33(44)43-13-12-41(19-24(43)18-38-2)32-28-16-29(36)27(25-7-3-6-22-14-23-15-26(23)31(22)25)17-30(28)39-34(40-32)45-20-35-8-4-10-42(35)11-5-9-35/h3,6-7,16-17,23-24,26H,1,4-5,8-15,18-20H2/t23?,24-,26?/m0/s1. The Morgan fingerprint density at radius 3 is 2.76 bits per heavy atom. The van der Waals surface area contributed by atoms with Crippen LogP contribution in [-0.2, 0) is 11.2 Å². The van der Waals surface area contributed by atoms with E-state index in [-0.39, 0.29) is 18.6 Å². The Labute approximate surface area is 267 Å². The van der Waals surface area contributed by atoms with E-state index in [1.165, 1.54) is 40.9 Å². The number of ether oxygens (including phenoxy) is 1. The molecule has 2 unspecified atom stereocenters. The summed E-state index contributed by atoms with van der Waals surface area (Å²) in [7, 11) is 0. The highest BCUT2D eigenvalue weighted by Gasteiger charge is 2.47. The van der Waals surface area contributed by atoms with E-state index >= 15 is 0 Å². The van der Waals surface area contributed by atoms with Gasteiger partial charge in [0.25, 0.3) is 5.91 Å². The number of hydrogen-bond acceptors (Lipinski definition) is 6. The second kappa shape index (κ2) is 11.0. The minimum Gasteiger partial charge on any atom is -0.461 e. The Morgan fingerprint density at radius 2 is 1.98 bits per heavy atom. The van der Waals surface area contributed by atoms with Crippen LogP contribution in [0, 0.1) is 12.5 Å². The van der Waals surface area contributed by atoms with Gasteiger partial charge in [-0.25, -0.2) is 11.0 Å². The van der Waals surface area contributed by atoms with E-state index in [1.807, 2.05) is 6.07 Å². The van der Waals surface area contributed by atoms with Crippen LogP contribution >= 0.6 is 11.6 Å². The molecular formula is C35H36ClFN6O2. The fraction of sp³-hybridized carbons (Fsp3) is 0.486. The van der Waals surface area contributed by atoms with Crippen molar-refractivity contribution in [3.05, 3.63) is 70.3 Å². The van der Waals surface area contributed by atoms with Gasteiger partial charge in [0.15, 0.2) is 5.83 Å². The predicted molar refractivity (Wildman–Crippen MR) is 172 cm³/mol. The third-order valence-electron chi connectivity index (χ3n) is 10.9. The number of amides is 1. The second-order valence-corrected chi connectivity index (χ2v) is 13.8. The van der Waals surface area contributed by atoms with Crippen LogP contribution in [0.5, 0.6) is 6.01 Å². The van der Waals surface area contributed by atoms with Crippen LogP contribution in [0.25, 0.3) is 26.9 Å². The van der Waals surface area contributed by atoms with Gasteiger partial charge in [0.05, 0.1) is 11.1 Å². The number of piperazine rings is 1. The zero-order chi connectivity index (χ0) is 30.9. The normalized spacial score (nSPS) is 24.7. The van der Waals surface area contributed by atoms with Crippen LogP contribution < -0.4 is 9.64 Å². The molecule has 232 valence electrons. The molecule has 8 nitrogen and oxygen atoms in total. The van der Waals surface area contributed by atoms with Gasteiger partial charge in [0.2, 0.25) is 6.54 Å². The Morgan fingerprint density at radius 1 is 1.16 bits per heavy atom. The maximum atomic E-state index is 13.9. The van der Waals surface area contributed by atoms with Crippen LogP contribution in [0.2, 0.25) is 5.02 Å². The highest BCUT2D eigenvalue weighted by molar-refractivity contribution is 6.34. The van der Waals surface area contributed by atoms with E-state index in [4.69, 9.17) is 32.9 Å². The van der Waals surface area contributed by atoms with Crippen LogP contribution in [0.3, 0.4) is 0 Å². The number of benzene rings is 2. The molecule has 4 fully saturated rings. The highest BCUT2D eigenvalue weighted by atomic mass is 35.5. The summed E-state index contributed by atoms with van der Waals surface area (Å²) in [5.74, 6) is 0.234. The molecule has 2 aliphatic carbocycles. The Hall–Kier alpha value is -3.74. The van der Waals surface area contributed by atoms with E-state index < -0.39 is 17.8 Å². The van der Waals surface area contributed by atoms with Crippen molar-refractivity contribution in [2.45, 2.75) is 56.0 Å². The molecule has 0 radical (unpaired) electrons. The summed E-state index contributed by atoms with van der Waals surface area (Å²) in [6.45, 7) is 14.5. The average Bonchev–Trinajstić information content (AvgIpc) is 3.32. The van der Waals surface area contributed by atoms with Gasteiger partial charge in [0.1, 0.15) is 18.5 Å². The van der Waals surface area contributed by atoms with E-state index in [0.29, 0.717) is 42.5 Å². The lowest BCUT2D eigenvalue weighted by Gasteiger charge is -2.39. The molecule has 8 rings (SSSR count). The van der Waals surface area contributed by atoms with Gasteiger partial charge in [-0.3, -0.25) is 9.69 Å². The first-order chi connectivity index (χ1) is 21.8. The third kappa shape index (κ3) is 4.85. The quantitative estimate of drug-likeness (QED) is 0.236. The van der Waals surface area contributed by atoms with E-state index in [1.54, 1.807) is 0 Å². The summed E-state index contributed by atoms with van der Waals surface area (Å²) in [6, 6.07) is 10.4. The summed E-state index contributed by atoms with van der Waals surface area (Å²) < 4.78 is 20.4. The summed E-state index contributed by atoms with van der Waals surface area (Å²) in [5.41, 5.74) is 5.76. The Kier molecular flexibility index (Phi) is 6.99. The van der Waals surface area contributed by atoms with E-state index in [0.717, 1.165) is 54.7 Å². The minimum atomic E-state index is -1.02. The summed E-state index contributed by atoms with van der Waals surface area (Å²) >= 11 is 7.08. The number of halogens is 2. The van der Waals surface area contributed by atoms with Crippen molar-refractivity contribution in [1.82, 2.24) is 19.8 Å². The number of hydrogen-bond donors (Lipinski definition) is 0. The molecule has 0 bridgehead atoms. The minimum absolute atomic E-state index is 0.0382. The van der Waals surface area contributed by atoms with Crippen molar-refractivity contribution in [3.63, 3.8) is 0 Å². The molecule has 3 saturated heterocycles. The maximum absolute atomic E-state index is 13.9. The monoisotopic (exact) mass is 626 g/mol. The third-order valence-corrected chi connectivity index (χ3v) is 11.2. The Balaban J connectivity index is 1.20. The molecule has 1 amide bonds. The molecule has 3 aliphatic heterocycles. The predicted octanol–water partition coefficient (Wildman–Crippen LogP) is 6.04. The molecule has 3 atom stereocenters. The molecule has 10 heteroatoms. The molecule has 1 saturated carbocycles. The zero-order valence-corrected chi connectivity index (χ0v) is 26.0. The maximum Gasteiger partial charge on any atom is 0.319 e. The van der Waals surface area contributed by atoms with Crippen LogP contribution in [0.1, 0.15) is 49.1 Å². The van der Waals surface area contributed by atoms with Gasteiger partial charge < -0.3 is 19.4 Å². The fourth-order valence-corrected chi connectivity index (χ4v) is 8.86. The lowest BCUT2D eigenvalue weighted by atomic mass is 9.93. The largest absolute Gasteiger partial charge is 0.461 e. The fourth-order valence-electron chi connectivity index (χ4n) is 8.59. The lowest BCUT2D eigenvalue weighted by molar-refractivity contribution is -0.131. The SMILES string of the molecule is [C-]#[N+]C[C@H]1CN(c2nc(OCC34CCCN3CCC4)nc3cc(-c4cccc5c4C4CC4C5)c(Cl)cc23)CCN1C(=O)C(=C)F. The van der Waals surface area contributed by atoms with Crippen LogP contribution in [0.15, 0.2) is 42.7 Å². The zero-order valence-electron chi connectivity index (χ0n) is 25.3. The first-order valence-electron chi connectivity index (χ1n) is 16.1. The highest BCUT2D eigenvalue weighted by Crippen LogP contribution is 2.59. The van der Waals surface area contributed by atoms with Gasteiger partial charge in [-0.2, -0.15) is 9.97 Å². The van der Waals surface area contributed by atoms with Crippen molar-refractivity contribution in [2.24, 2.45) is 5.92 Å². The molecule has 4 heterocycles. The second-order valence-electron chi connectivity index (χ2n) is 13.4. The smallest absolute Gasteiger partial charge is 0.319 e.